The Labute approximate surface area is 179 Å². The molecule has 3 aromatic rings. The van der Waals surface area contributed by atoms with Crippen molar-refractivity contribution in [2.24, 2.45) is 5.10 Å². The van der Waals surface area contributed by atoms with Gasteiger partial charge >= 0.3 is 0 Å². The largest absolute Gasteiger partial charge is 0.494 e. The predicted molar refractivity (Wildman–Crippen MR) is 120 cm³/mol. The molecular formula is C23H24BrN3O2. The molecule has 0 atom stereocenters. The minimum Gasteiger partial charge on any atom is -0.494 e. The van der Waals surface area contributed by atoms with Crippen LogP contribution in [0.1, 0.15) is 29.4 Å². The van der Waals surface area contributed by atoms with Gasteiger partial charge in [0.2, 0.25) is 5.91 Å². The summed E-state index contributed by atoms with van der Waals surface area (Å²) >= 11 is 3.47. The number of benzene rings is 2. The fraction of sp³-hybridized carbons (Fsp3) is 0.217. The van der Waals surface area contributed by atoms with Crippen LogP contribution in [0.4, 0.5) is 0 Å². The summed E-state index contributed by atoms with van der Waals surface area (Å²) in [4.78, 5) is 12.2. The molecule has 29 heavy (non-hydrogen) atoms. The first-order valence-electron chi connectivity index (χ1n) is 9.46. The lowest BCUT2D eigenvalue weighted by molar-refractivity contribution is -0.120. The maximum absolute atomic E-state index is 12.2. The molecule has 0 spiro atoms. The Kier molecular flexibility index (Phi) is 6.88. The molecule has 3 rings (SSSR count). The van der Waals surface area contributed by atoms with Crippen LogP contribution in [-0.2, 0) is 11.2 Å². The zero-order valence-electron chi connectivity index (χ0n) is 16.8. The van der Waals surface area contributed by atoms with E-state index in [-0.39, 0.29) is 12.3 Å². The third kappa shape index (κ3) is 5.35. The van der Waals surface area contributed by atoms with Crippen molar-refractivity contribution < 1.29 is 9.53 Å². The first kappa shape index (κ1) is 20.9. The third-order valence-corrected chi connectivity index (χ3v) is 5.08. The molecule has 0 bridgehead atoms. The highest BCUT2D eigenvalue weighted by molar-refractivity contribution is 9.10. The summed E-state index contributed by atoms with van der Waals surface area (Å²) in [6.07, 6.45) is 1.95. The molecule has 0 unspecified atom stereocenters. The highest BCUT2D eigenvalue weighted by atomic mass is 79.9. The predicted octanol–water partition coefficient (Wildman–Crippen LogP) is 4.95. The van der Waals surface area contributed by atoms with Gasteiger partial charge in [-0.15, -0.1) is 0 Å². The summed E-state index contributed by atoms with van der Waals surface area (Å²) in [7, 11) is 0. The van der Waals surface area contributed by atoms with Gasteiger partial charge < -0.3 is 9.30 Å². The number of aromatic nitrogens is 1. The van der Waals surface area contributed by atoms with Gasteiger partial charge in [-0.1, -0.05) is 28.1 Å². The van der Waals surface area contributed by atoms with E-state index in [1.54, 1.807) is 6.21 Å². The number of rotatable bonds is 7. The maximum atomic E-state index is 12.2. The van der Waals surface area contributed by atoms with Gasteiger partial charge in [0.05, 0.1) is 19.2 Å². The normalized spacial score (nSPS) is 11.0. The van der Waals surface area contributed by atoms with E-state index in [1.165, 1.54) is 0 Å². The van der Waals surface area contributed by atoms with E-state index in [1.807, 2.05) is 50.2 Å². The third-order valence-electron chi connectivity index (χ3n) is 4.55. The molecule has 0 fully saturated rings. The fourth-order valence-corrected chi connectivity index (χ4v) is 3.44. The summed E-state index contributed by atoms with van der Waals surface area (Å²) in [5, 5.41) is 4.14. The van der Waals surface area contributed by atoms with Gasteiger partial charge in [-0.2, -0.15) is 5.10 Å². The number of carbonyl (C=O) groups excluding carboxylic acids is 1. The fourth-order valence-electron chi connectivity index (χ4n) is 3.17. The Balaban J connectivity index is 1.63. The molecule has 1 heterocycles. The van der Waals surface area contributed by atoms with Gasteiger partial charge in [-0.25, -0.2) is 5.43 Å². The van der Waals surface area contributed by atoms with E-state index >= 15 is 0 Å². The monoisotopic (exact) mass is 453 g/mol. The highest BCUT2D eigenvalue weighted by Gasteiger charge is 2.09. The van der Waals surface area contributed by atoms with E-state index in [9.17, 15) is 4.79 Å². The molecule has 0 aliphatic heterocycles. The topological polar surface area (TPSA) is 55.6 Å². The second kappa shape index (κ2) is 9.56. The standard InChI is InChI=1S/C23H24BrN3O2/c1-4-29-22-11-5-18(6-12-22)14-23(28)26-25-15-19-13-16(2)27(17(19)3)21-9-7-20(24)8-10-21/h5-13,15H,4,14H2,1-3H3,(H,26,28)/b25-15-. The minimum absolute atomic E-state index is 0.160. The molecular weight excluding hydrogens is 430 g/mol. The van der Waals surface area contributed by atoms with Gasteiger partial charge in [0.1, 0.15) is 5.75 Å². The van der Waals surface area contributed by atoms with Crippen LogP contribution in [0.25, 0.3) is 5.69 Å². The van der Waals surface area contributed by atoms with Gasteiger partial charge in [0.25, 0.3) is 0 Å². The van der Waals surface area contributed by atoms with Gasteiger partial charge in [-0.3, -0.25) is 4.79 Å². The lowest BCUT2D eigenvalue weighted by Crippen LogP contribution is -2.19. The maximum Gasteiger partial charge on any atom is 0.244 e. The lowest BCUT2D eigenvalue weighted by atomic mass is 10.1. The molecule has 6 heteroatoms. The Morgan fingerprint density at radius 2 is 1.83 bits per heavy atom. The number of hydrogen-bond acceptors (Lipinski definition) is 3. The average Bonchev–Trinajstić information content (AvgIpc) is 2.98. The molecule has 0 aliphatic rings. The van der Waals surface area contributed by atoms with E-state index in [2.05, 4.69) is 56.1 Å². The average molecular weight is 454 g/mol. The number of hydrogen-bond donors (Lipinski definition) is 1. The first-order valence-corrected chi connectivity index (χ1v) is 10.3. The van der Waals surface area contributed by atoms with Crippen molar-refractivity contribution in [1.82, 2.24) is 9.99 Å². The molecule has 1 aromatic heterocycles. The SMILES string of the molecule is CCOc1ccc(CC(=O)N/N=C\c2cc(C)n(-c3ccc(Br)cc3)c2C)cc1. The molecule has 1 N–H and O–H groups in total. The minimum atomic E-state index is -0.160. The van der Waals surface area contributed by atoms with Crippen molar-refractivity contribution in [1.29, 1.82) is 0 Å². The number of amides is 1. The van der Waals surface area contributed by atoms with E-state index in [0.717, 1.165) is 38.4 Å². The number of nitrogens with one attached hydrogen (secondary N) is 1. The molecule has 0 saturated heterocycles. The summed E-state index contributed by atoms with van der Waals surface area (Å²) < 4.78 is 8.62. The summed E-state index contributed by atoms with van der Waals surface area (Å²) in [6, 6.07) is 17.7. The van der Waals surface area contributed by atoms with E-state index < -0.39 is 0 Å². The first-order chi connectivity index (χ1) is 14.0. The number of aryl methyl sites for hydroxylation is 1. The van der Waals surface area contributed by atoms with Crippen molar-refractivity contribution in [3.05, 3.63) is 81.6 Å². The van der Waals surface area contributed by atoms with Crippen molar-refractivity contribution in [3.8, 4) is 11.4 Å². The van der Waals surface area contributed by atoms with Gasteiger partial charge in [0.15, 0.2) is 0 Å². The second-order valence-corrected chi connectivity index (χ2v) is 7.60. The molecule has 2 aromatic carbocycles. The van der Waals surface area contributed by atoms with Crippen LogP contribution in [-0.4, -0.2) is 23.3 Å². The van der Waals surface area contributed by atoms with Crippen molar-refractivity contribution in [2.75, 3.05) is 6.61 Å². The number of hydrazone groups is 1. The van der Waals surface area contributed by atoms with Gasteiger partial charge in [0, 0.05) is 27.1 Å². The Morgan fingerprint density at radius 1 is 1.14 bits per heavy atom. The summed E-state index contributed by atoms with van der Waals surface area (Å²) in [5.41, 5.74) is 7.74. The number of nitrogens with zero attached hydrogens (tertiary/aromatic N) is 2. The Morgan fingerprint density at radius 3 is 2.48 bits per heavy atom. The zero-order valence-corrected chi connectivity index (χ0v) is 18.4. The smallest absolute Gasteiger partial charge is 0.244 e. The van der Waals surface area contributed by atoms with Crippen LogP contribution in [0.5, 0.6) is 5.75 Å². The summed E-state index contributed by atoms with van der Waals surface area (Å²) in [5.74, 6) is 0.642. The number of halogens is 1. The zero-order chi connectivity index (χ0) is 20.8. The van der Waals surface area contributed by atoms with Crippen molar-refractivity contribution in [3.63, 3.8) is 0 Å². The molecule has 0 radical (unpaired) electrons. The second-order valence-electron chi connectivity index (χ2n) is 6.69. The molecule has 150 valence electrons. The quantitative estimate of drug-likeness (QED) is 0.406. The van der Waals surface area contributed by atoms with Crippen LogP contribution in [0, 0.1) is 13.8 Å². The lowest BCUT2D eigenvalue weighted by Gasteiger charge is -2.09. The number of carbonyl (C=O) groups is 1. The molecule has 5 nitrogen and oxygen atoms in total. The molecule has 0 saturated carbocycles. The van der Waals surface area contributed by atoms with Crippen LogP contribution < -0.4 is 10.2 Å². The van der Waals surface area contributed by atoms with E-state index in [0.29, 0.717) is 6.61 Å². The van der Waals surface area contributed by atoms with Crippen LogP contribution >= 0.6 is 15.9 Å². The summed E-state index contributed by atoms with van der Waals surface area (Å²) in [6.45, 7) is 6.65. The number of ether oxygens (including phenoxy) is 1. The Hall–Kier alpha value is -2.86. The van der Waals surface area contributed by atoms with Crippen LogP contribution in [0.3, 0.4) is 0 Å². The van der Waals surface area contributed by atoms with Crippen molar-refractivity contribution in [2.45, 2.75) is 27.2 Å². The molecule has 1 amide bonds. The van der Waals surface area contributed by atoms with Crippen LogP contribution in [0.15, 0.2) is 64.2 Å². The van der Waals surface area contributed by atoms with E-state index in [4.69, 9.17) is 4.74 Å². The van der Waals surface area contributed by atoms with Crippen LogP contribution in [0.2, 0.25) is 0 Å². The Bertz CT molecular complexity index is 1010. The molecule has 0 aliphatic carbocycles. The highest BCUT2D eigenvalue weighted by Crippen LogP contribution is 2.21. The van der Waals surface area contributed by atoms with Crippen molar-refractivity contribution >= 4 is 28.1 Å². The van der Waals surface area contributed by atoms with Gasteiger partial charge in [-0.05, 0) is 68.8 Å².